The Labute approximate surface area is 129 Å². The van der Waals surface area contributed by atoms with Gasteiger partial charge < -0.3 is 10.2 Å². The van der Waals surface area contributed by atoms with E-state index in [1.54, 1.807) is 0 Å². The van der Waals surface area contributed by atoms with Gasteiger partial charge in [0.05, 0.1) is 0 Å². The molecule has 4 nitrogen and oxygen atoms in total. The highest BCUT2D eigenvalue weighted by molar-refractivity contribution is 5.99. The number of hydrogen-bond donors (Lipinski definition) is 1. The lowest BCUT2D eigenvalue weighted by atomic mass is 9.85. The highest BCUT2D eigenvalue weighted by atomic mass is 16.2. The van der Waals surface area contributed by atoms with Gasteiger partial charge in [-0.05, 0) is 25.7 Å². The van der Waals surface area contributed by atoms with Crippen molar-refractivity contribution in [2.75, 3.05) is 6.54 Å². The van der Waals surface area contributed by atoms with Crippen LogP contribution in [0.5, 0.6) is 0 Å². The summed E-state index contributed by atoms with van der Waals surface area (Å²) in [5.74, 6) is 0.165. The van der Waals surface area contributed by atoms with Gasteiger partial charge in [-0.3, -0.25) is 9.59 Å². The molecule has 0 saturated carbocycles. The summed E-state index contributed by atoms with van der Waals surface area (Å²) in [4.78, 5) is 27.3. The summed E-state index contributed by atoms with van der Waals surface area (Å²) in [6.45, 7) is 8.96. The molecule has 0 spiro atoms. The van der Waals surface area contributed by atoms with Gasteiger partial charge in [-0.1, -0.05) is 53.4 Å². The van der Waals surface area contributed by atoms with Crippen LogP contribution in [0, 0.1) is 0 Å². The molecule has 21 heavy (non-hydrogen) atoms. The Hall–Kier alpha value is -1.06. The second-order valence-electron chi connectivity index (χ2n) is 6.10. The van der Waals surface area contributed by atoms with Crippen molar-refractivity contribution >= 4 is 11.8 Å². The zero-order valence-corrected chi connectivity index (χ0v) is 14.2. The molecule has 0 aliphatic carbocycles. The van der Waals surface area contributed by atoms with Crippen LogP contribution in [0.2, 0.25) is 0 Å². The molecule has 0 bridgehead atoms. The fraction of sp³-hybridized carbons (Fsp3) is 0.882. The molecule has 1 heterocycles. The highest BCUT2D eigenvalue weighted by Crippen LogP contribution is 2.30. The first-order chi connectivity index (χ1) is 10.1. The molecule has 1 aliphatic rings. The first-order valence-electron chi connectivity index (χ1n) is 8.69. The van der Waals surface area contributed by atoms with E-state index in [1.807, 2.05) is 25.7 Å². The largest absolute Gasteiger partial charge is 0.342 e. The summed E-state index contributed by atoms with van der Waals surface area (Å²) in [5.41, 5.74) is -0.631. The summed E-state index contributed by atoms with van der Waals surface area (Å²) in [6.07, 6.45) is 7.52. The summed E-state index contributed by atoms with van der Waals surface area (Å²) < 4.78 is 0. The van der Waals surface area contributed by atoms with Crippen LogP contribution in [0.3, 0.4) is 0 Å². The maximum Gasteiger partial charge on any atom is 0.246 e. The van der Waals surface area contributed by atoms with Gasteiger partial charge in [-0.2, -0.15) is 0 Å². The summed E-state index contributed by atoms with van der Waals surface area (Å²) in [5, 5.41) is 2.96. The Morgan fingerprint density at radius 3 is 2.19 bits per heavy atom. The van der Waals surface area contributed by atoms with Crippen molar-refractivity contribution in [3.8, 4) is 0 Å². The molecule has 0 aromatic carbocycles. The van der Waals surface area contributed by atoms with Gasteiger partial charge in [-0.15, -0.1) is 0 Å². The minimum atomic E-state index is -0.631. The van der Waals surface area contributed by atoms with Crippen LogP contribution in [0.25, 0.3) is 0 Å². The lowest BCUT2D eigenvalue weighted by Gasteiger charge is -2.47. The van der Waals surface area contributed by atoms with Crippen LogP contribution >= 0.6 is 0 Å². The van der Waals surface area contributed by atoms with E-state index in [-0.39, 0.29) is 17.9 Å². The van der Waals surface area contributed by atoms with E-state index in [1.165, 1.54) is 12.8 Å². The topological polar surface area (TPSA) is 49.4 Å². The molecule has 4 heteroatoms. The van der Waals surface area contributed by atoms with Crippen molar-refractivity contribution in [1.29, 1.82) is 0 Å². The van der Waals surface area contributed by atoms with Crippen LogP contribution < -0.4 is 5.32 Å². The zero-order chi connectivity index (χ0) is 15.9. The quantitative estimate of drug-likeness (QED) is 0.664. The molecule has 1 fully saturated rings. The molecule has 0 aromatic heterocycles. The number of nitrogens with one attached hydrogen (secondary N) is 1. The van der Waals surface area contributed by atoms with Crippen LogP contribution in [-0.4, -0.2) is 34.8 Å². The summed E-state index contributed by atoms with van der Waals surface area (Å²) in [7, 11) is 0. The van der Waals surface area contributed by atoms with E-state index < -0.39 is 5.54 Å². The van der Waals surface area contributed by atoms with Crippen LogP contribution in [-0.2, 0) is 9.59 Å². The van der Waals surface area contributed by atoms with E-state index in [9.17, 15) is 9.59 Å². The first kappa shape index (κ1) is 18.0. The molecule has 1 saturated heterocycles. The Balaban J connectivity index is 2.89. The average Bonchev–Trinajstić information content (AvgIpc) is 2.49. The highest BCUT2D eigenvalue weighted by Gasteiger charge is 2.49. The van der Waals surface area contributed by atoms with E-state index in [0.29, 0.717) is 19.4 Å². The van der Waals surface area contributed by atoms with Gasteiger partial charge in [0.1, 0.15) is 11.6 Å². The molecule has 1 rings (SSSR count). The lowest BCUT2D eigenvalue weighted by molar-refractivity contribution is -0.158. The molecular weight excluding hydrogens is 264 g/mol. The predicted molar refractivity (Wildman–Crippen MR) is 86.0 cm³/mol. The number of nitrogens with zero attached hydrogens (tertiary/aromatic N) is 1. The molecular formula is C17H32N2O2. The van der Waals surface area contributed by atoms with Crippen molar-refractivity contribution < 1.29 is 9.59 Å². The van der Waals surface area contributed by atoms with Crippen molar-refractivity contribution in [1.82, 2.24) is 10.2 Å². The Bertz CT molecular complexity index is 351. The number of amides is 2. The zero-order valence-electron chi connectivity index (χ0n) is 14.2. The maximum atomic E-state index is 12.8. The van der Waals surface area contributed by atoms with Gasteiger partial charge in [0.15, 0.2) is 0 Å². The molecule has 1 N–H and O–H groups in total. The molecule has 0 aromatic rings. The third-order valence-corrected chi connectivity index (χ3v) is 4.79. The smallest absolute Gasteiger partial charge is 0.246 e. The number of carbonyl (C=O) groups excluding carboxylic acids is 2. The third-order valence-electron chi connectivity index (χ3n) is 4.79. The standard InChI is InChI=1S/C17H32N2O2/c1-5-9-10-11-13-19-15(20)14(12-6-2)18-16(21)17(19,7-3)8-4/h14H,5-13H2,1-4H3,(H,18,21). The average molecular weight is 296 g/mol. The second kappa shape index (κ2) is 8.40. The monoisotopic (exact) mass is 296 g/mol. The number of carbonyl (C=O) groups is 2. The van der Waals surface area contributed by atoms with Gasteiger partial charge in [0.2, 0.25) is 11.8 Å². The Kier molecular flexibility index (Phi) is 7.20. The molecule has 2 amide bonds. The minimum absolute atomic E-state index is 0.0426. The summed E-state index contributed by atoms with van der Waals surface area (Å²) in [6, 6.07) is -0.320. The van der Waals surface area contributed by atoms with Crippen LogP contribution in [0.4, 0.5) is 0 Å². The molecule has 1 atom stereocenters. The predicted octanol–water partition coefficient (Wildman–Crippen LogP) is 3.25. The van der Waals surface area contributed by atoms with E-state index in [0.717, 1.165) is 25.7 Å². The van der Waals surface area contributed by atoms with Gasteiger partial charge >= 0.3 is 0 Å². The second-order valence-corrected chi connectivity index (χ2v) is 6.10. The first-order valence-corrected chi connectivity index (χ1v) is 8.69. The SMILES string of the molecule is CCCCCCN1C(=O)C(CCC)NC(=O)C1(CC)CC. The van der Waals surface area contributed by atoms with Crippen molar-refractivity contribution in [3.05, 3.63) is 0 Å². The lowest BCUT2D eigenvalue weighted by Crippen LogP contribution is -2.70. The molecule has 1 unspecified atom stereocenters. The van der Waals surface area contributed by atoms with E-state index >= 15 is 0 Å². The van der Waals surface area contributed by atoms with Crippen LogP contribution in [0.1, 0.15) is 79.1 Å². The summed E-state index contributed by atoms with van der Waals surface area (Å²) >= 11 is 0. The number of rotatable bonds is 9. The van der Waals surface area contributed by atoms with Crippen LogP contribution in [0.15, 0.2) is 0 Å². The number of hydrogen-bond acceptors (Lipinski definition) is 2. The fourth-order valence-corrected chi connectivity index (χ4v) is 3.33. The third kappa shape index (κ3) is 3.78. The Morgan fingerprint density at radius 2 is 1.67 bits per heavy atom. The van der Waals surface area contributed by atoms with Gasteiger partial charge in [-0.25, -0.2) is 0 Å². The fourth-order valence-electron chi connectivity index (χ4n) is 3.33. The minimum Gasteiger partial charge on any atom is -0.342 e. The number of unbranched alkanes of at least 4 members (excludes halogenated alkanes) is 3. The Morgan fingerprint density at radius 1 is 1.00 bits per heavy atom. The van der Waals surface area contributed by atoms with Crippen molar-refractivity contribution in [3.63, 3.8) is 0 Å². The van der Waals surface area contributed by atoms with E-state index in [4.69, 9.17) is 0 Å². The van der Waals surface area contributed by atoms with Gasteiger partial charge in [0, 0.05) is 6.54 Å². The normalized spacial score (nSPS) is 21.5. The maximum absolute atomic E-state index is 12.8. The van der Waals surface area contributed by atoms with Crippen molar-refractivity contribution in [2.24, 2.45) is 0 Å². The van der Waals surface area contributed by atoms with E-state index in [2.05, 4.69) is 12.2 Å². The number of piperazine rings is 1. The van der Waals surface area contributed by atoms with Gasteiger partial charge in [0.25, 0.3) is 0 Å². The molecule has 0 radical (unpaired) electrons. The molecule has 122 valence electrons. The van der Waals surface area contributed by atoms with Crippen molar-refractivity contribution in [2.45, 2.75) is 90.6 Å². The molecule has 1 aliphatic heterocycles.